The van der Waals surface area contributed by atoms with Crippen molar-refractivity contribution in [1.29, 1.82) is 0 Å². The summed E-state index contributed by atoms with van der Waals surface area (Å²) in [5.74, 6) is 1.43. The van der Waals surface area contributed by atoms with Gasteiger partial charge in [0.15, 0.2) is 0 Å². The molecule has 0 spiro atoms. The minimum atomic E-state index is -0.0788. The van der Waals surface area contributed by atoms with Gasteiger partial charge in [0, 0.05) is 18.7 Å². The molecule has 5 heteroatoms. The van der Waals surface area contributed by atoms with Crippen molar-refractivity contribution in [1.82, 2.24) is 10.3 Å². The highest BCUT2D eigenvalue weighted by Crippen LogP contribution is 2.28. The molecule has 0 atom stereocenters. The minimum absolute atomic E-state index is 0.0788. The van der Waals surface area contributed by atoms with Gasteiger partial charge < -0.3 is 10.6 Å². The summed E-state index contributed by atoms with van der Waals surface area (Å²) in [6.07, 6.45) is 7.74. The number of nitrogens with zero attached hydrogens (tertiary/aromatic N) is 1. The van der Waals surface area contributed by atoms with Crippen molar-refractivity contribution in [3.05, 3.63) is 22.8 Å². The van der Waals surface area contributed by atoms with Crippen LogP contribution < -0.4 is 10.6 Å². The third kappa shape index (κ3) is 5.20. The second-order valence-corrected chi connectivity index (χ2v) is 6.03. The molecule has 1 saturated carbocycles. The molecular formula is C16H24ClN3O. The van der Waals surface area contributed by atoms with E-state index in [1.165, 1.54) is 32.1 Å². The van der Waals surface area contributed by atoms with Gasteiger partial charge in [0.1, 0.15) is 11.0 Å². The van der Waals surface area contributed by atoms with Gasteiger partial charge in [-0.3, -0.25) is 4.79 Å². The number of nitrogens with one attached hydrogen (secondary N) is 2. The van der Waals surface area contributed by atoms with E-state index in [1.54, 1.807) is 12.1 Å². The number of hydrogen-bond acceptors (Lipinski definition) is 3. The quantitative estimate of drug-likeness (QED) is 0.594. The normalized spacial score (nSPS) is 15.1. The number of rotatable bonds is 7. The third-order valence-corrected chi connectivity index (χ3v) is 4.16. The number of pyridine rings is 1. The van der Waals surface area contributed by atoms with Crippen LogP contribution >= 0.6 is 11.6 Å². The van der Waals surface area contributed by atoms with E-state index in [-0.39, 0.29) is 5.91 Å². The maximum Gasteiger partial charge on any atom is 0.251 e. The lowest BCUT2D eigenvalue weighted by Gasteiger charge is -2.10. The van der Waals surface area contributed by atoms with Gasteiger partial charge in [0.25, 0.3) is 5.91 Å². The molecule has 1 aromatic rings. The van der Waals surface area contributed by atoms with Crippen LogP contribution in [-0.4, -0.2) is 24.0 Å². The molecule has 2 N–H and O–H groups in total. The molecule has 0 unspecified atom stereocenters. The summed E-state index contributed by atoms with van der Waals surface area (Å²) in [6, 6.07) is 3.34. The predicted molar refractivity (Wildman–Crippen MR) is 86.9 cm³/mol. The fourth-order valence-electron chi connectivity index (χ4n) is 2.89. The van der Waals surface area contributed by atoms with E-state index in [4.69, 9.17) is 11.6 Å². The van der Waals surface area contributed by atoms with E-state index >= 15 is 0 Å². The summed E-state index contributed by atoms with van der Waals surface area (Å²) in [7, 11) is 0. The Labute approximate surface area is 131 Å². The molecule has 0 saturated heterocycles. The van der Waals surface area contributed by atoms with Gasteiger partial charge in [-0.1, -0.05) is 37.3 Å². The first kappa shape index (κ1) is 16.1. The van der Waals surface area contributed by atoms with Crippen LogP contribution in [-0.2, 0) is 0 Å². The Hall–Kier alpha value is -1.29. The lowest BCUT2D eigenvalue weighted by Crippen LogP contribution is -2.25. The zero-order valence-corrected chi connectivity index (χ0v) is 13.4. The lowest BCUT2D eigenvalue weighted by molar-refractivity contribution is 0.0952. The molecule has 1 heterocycles. The number of halogens is 1. The molecule has 21 heavy (non-hydrogen) atoms. The number of amides is 1. The summed E-state index contributed by atoms with van der Waals surface area (Å²) >= 11 is 5.95. The number of aromatic nitrogens is 1. The molecule has 4 nitrogen and oxygen atoms in total. The standard InChI is InChI=1S/C16H24ClN3O/c1-2-18-15-11-13(10-14(17)20-15)16(21)19-9-5-8-12-6-3-4-7-12/h10-12H,2-9H2,1H3,(H,18,20)(H,19,21). The Morgan fingerprint density at radius 1 is 1.38 bits per heavy atom. The van der Waals surface area contributed by atoms with Crippen LogP contribution in [0.3, 0.4) is 0 Å². The van der Waals surface area contributed by atoms with Gasteiger partial charge in [-0.2, -0.15) is 0 Å². The number of carbonyl (C=O) groups is 1. The zero-order chi connectivity index (χ0) is 15.1. The molecular weight excluding hydrogens is 286 g/mol. The van der Waals surface area contributed by atoms with Crippen LogP contribution in [0.25, 0.3) is 0 Å². The van der Waals surface area contributed by atoms with Gasteiger partial charge >= 0.3 is 0 Å². The molecule has 1 aliphatic rings. The lowest BCUT2D eigenvalue weighted by atomic mass is 10.0. The maximum absolute atomic E-state index is 12.1. The Kier molecular flexibility index (Phi) is 6.30. The summed E-state index contributed by atoms with van der Waals surface area (Å²) < 4.78 is 0. The number of hydrogen-bond donors (Lipinski definition) is 2. The first-order chi connectivity index (χ1) is 10.2. The van der Waals surface area contributed by atoms with E-state index in [0.717, 1.165) is 25.4 Å². The number of anilines is 1. The molecule has 0 aromatic carbocycles. The minimum Gasteiger partial charge on any atom is -0.370 e. The van der Waals surface area contributed by atoms with Crippen LogP contribution in [0.4, 0.5) is 5.82 Å². The first-order valence-corrected chi connectivity index (χ1v) is 8.26. The summed E-state index contributed by atoms with van der Waals surface area (Å²) in [5.41, 5.74) is 0.562. The molecule has 116 valence electrons. The fourth-order valence-corrected chi connectivity index (χ4v) is 3.10. The van der Waals surface area contributed by atoms with Crippen LogP contribution in [0.15, 0.2) is 12.1 Å². The van der Waals surface area contributed by atoms with Gasteiger partial charge in [-0.25, -0.2) is 4.98 Å². The second kappa shape index (κ2) is 8.23. The molecule has 0 bridgehead atoms. The van der Waals surface area contributed by atoms with Crippen LogP contribution in [0.2, 0.25) is 5.15 Å². The molecule has 0 radical (unpaired) electrons. The van der Waals surface area contributed by atoms with Crippen LogP contribution in [0.1, 0.15) is 55.8 Å². The molecule has 1 aromatic heterocycles. The van der Waals surface area contributed by atoms with E-state index in [9.17, 15) is 4.79 Å². The van der Waals surface area contributed by atoms with Crippen molar-refractivity contribution in [2.24, 2.45) is 5.92 Å². The molecule has 2 rings (SSSR count). The summed E-state index contributed by atoms with van der Waals surface area (Å²) in [6.45, 7) is 3.45. The van der Waals surface area contributed by atoms with Crippen molar-refractivity contribution < 1.29 is 4.79 Å². The topological polar surface area (TPSA) is 54.0 Å². The smallest absolute Gasteiger partial charge is 0.251 e. The average molecular weight is 310 g/mol. The van der Waals surface area contributed by atoms with Crippen molar-refractivity contribution in [2.45, 2.75) is 45.4 Å². The Morgan fingerprint density at radius 3 is 2.86 bits per heavy atom. The molecule has 0 aliphatic heterocycles. The SMILES string of the molecule is CCNc1cc(C(=O)NCCCC2CCCC2)cc(Cl)n1. The molecule has 1 amide bonds. The van der Waals surface area contributed by atoms with Gasteiger partial charge in [-0.05, 0) is 37.8 Å². The van der Waals surface area contributed by atoms with Gasteiger partial charge in [0.05, 0.1) is 0 Å². The van der Waals surface area contributed by atoms with Crippen molar-refractivity contribution in [2.75, 3.05) is 18.4 Å². The predicted octanol–water partition coefficient (Wildman–Crippen LogP) is 3.87. The maximum atomic E-state index is 12.1. The summed E-state index contributed by atoms with van der Waals surface area (Å²) in [5, 5.41) is 6.38. The Balaban J connectivity index is 1.79. The van der Waals surface area contributed by atoms with Crippen molar-refractivity contribution >= 4 is 23.3 Å². The van der Waals surface area contributed by atoms with E-state index in [2.05, 4.69) is 15.6 Å². The van der Waals surface area contributed by atoms with Crippen molar-refractivity contribution in [3.63, 3.8) is 0 Å². The van der Waals surface area contributed by atoms with Gasteiger partial charge in [-0.15, -0.1) is 0 Å². The molecule has 1 fully saturated rings. The third-order valence-electron chi connectivity index (χ3n) is 3.96. The van der Waals surface area contributed by atoms with E-state index < -0.39 is 0 Å². The van der Waals surface area contributed by atoms with Crippen molar-refractivity contribution in [3.8, 4) is 0 Å². The average Bonchev–Trinajstić information content (AvgIpc) is 2.96. The largest absolute Gasteiger partial charge is 0.370 e. The highest BCUT2D eigenvalue weighted by Gasteiger charge is 2.14. The van der Waals surface area contributed by atoms with Crippen LogP contribution in [0, 0.1) is 5.92 Å². The summed E-state index contributed by atoms with van der Waals surface area (Å²) in [4.78, 5) is 16.3. The number of carbonyl (C=O) groups excluding carboxylic acids is 1. The highest BCUT2D eigenvalue weighted by molar-refractivity contribution is 6.29. The zero-order valence-electron chi connectivity index (χ0n) is 12.6. The highest BCUT2D eigenvalue weighted by atomic mass is 35.5. The Bertz CT molecular complexity index is 473. The van der Waals surface area contributed by atoms with Crippen LogP contribution in [0.5, 0.6) is 0 Å². The molecule has 1 aliphatic carbocycles. The first-order valence-electron chi connectivity index (χ1n) is 7.88. The monoisotopic (exact) mass is 309 g/mol. The van der Waals surface area contributed by atoms with E-state index in [0.29, 0.717) is 16.5 Å². The Morgan fingerprint density at radius 2 is 2.14 bits per heavy atom. The van der Waals surface area contributed by atoms with E-state index in [1.807, 2.05) is 6.92 Å². The van der Waals surface area contributed by atoms with Gasteiger partial charge in [0.2, 0.25) is 0 Å². The fraction of sp³-hybridized carbons (Fsp3) is 0.625. The second-order valence-electron chi connectivity index (χ2n) is 5.64.